The monoisotopic (exact) mass is 200 g/mol. The molecule has 5 nitrogen and oxygen atoms in total. The molecule has 80 valence electrons. The van der Waals surface area contributed by atoms with Crippen molar-refractivity contribution in [3.8, 4) is 0 Å². The third-order valence-electron chi connectivity index (χ3n) is 2.48. The minimum Gasteiger partial charge on any atom is -0.376 e. The summed E-state index contributed by atoms with van der Waals surface area (Å²) in [6.45, 7) is 4.17. The molecule has 0 radical (unpaired) electrons. The van der Waals surface area contributed by atoms with Crippen molar-refractivity contribution in [1.82, 2.24) is 10.2 Å². The molecule has 14 heavy (non-hydrogen) atoms. The van der Waals surface area contributed by atoms with Crippen LogP contribution >= 0.6 is 0 Å². The van der Waals surface area contributed by atoms with Crippen molar-refractivity contribution >= 4 is 6.03 Å². The molecule has 2 saturated heterocycles. The molecular formula is C9H16N2O3. The summed E-state index contributed by atoms with van der Waals surface area (Å²) in [7, 11) is 0. The lowest BCUT2D eigenvalue weighted by Crippen LogP contribution is -2.50. The van der Waals surface area contributed by atoms with Gasteiger partial charge in [-0.25, -0.2) is 4.79 Å². The second-order valence-corrected chi connectivity index (χ2v) is 3.60. The minimum absolute atomic E-state index is 0.0189. The molecule has 0 saturated carbocycles. The van der Waals surface area contributed by atoms with Crippen LogP contribution in [-0.4, -0.2) is 56.5 Å². The Bertz CT molecular complexity index is 204. The molecule has 2 aliphatic rings. The van der Waals surface area contributed by atoms with E-state index < -0.39 is 0 Å². The number of carbonyl (C=O) groups is 1. The van der Waals surface area contributed by atoms with E-state index in [1.165, 1.54) is 0 Å². The van der Waals surface area contributed by atoms with Gasteiger partial charge in [0.2, 0.25) is 0 Å². The van der Waals surface area contributed by atoms with Crippen molar-refractivity contribution in [2.45, 2.75) is 12.5 Å². The van der Waals surface area contributed by atoms with Crippen molar-refractivity contribution in [1.29, 1.82) is 0 Å². The molecular weight excluding hydrogens is 184 g/mol. The molecule has 2 amide bonds. The quantitative estimate of drug-likeness (QED) is 0.672. The zero-order valence-electron chi connectivity index (χ0n) is 8.20. The molecule has 0 spiro atoms. The second-order valence-electron chi connectivity index (χ2n) is 3.60. The summed E-state index contributed by atoms with van der Waals surface area (Å²) in [6, 6.07) is 0.0189. The van der Waals surface area contributed by atoms with Gasteiger partial charge < -0.3 is 19.7 Å². The summed E-state index contributed by atoms with van der Waals surface area (Å²) >= 11 is 0. The predicted molar refractivity (Wildman–Crippen MR) is 50.1 cm³/mol. The normalized spacial score (nSPS) is 28.7. The molecule has 5 heteroatoms. The third kappa shape index (κ3) is 2.36. The minimum atomic E-state index is 0.0189. The number of ether oxygens (including phenoxy) is 2. The molecule has 1 atom stereocenters. The summed E-state index contributed by atoms with van der Waals surface area (Å²) in [5.41, 5.74) is 0. The van der Waals surface area contributed by atoms with E-state index in [4.69, 9.17) is 9.47 Å². The Morgan fingerprint density at radius 2 is 2.43 bits per heavy atom. The Labute approximate surface area is 83.3 Å². The van der Waals surface area contributed by atoms with Gasteiger partial charge in [0.1, 0.15) is 0 Å². The molecule has 0 aromatic rings. The van der Waals surface area contributed by atoms with Crippen LogP contribution in [0.5, 0.6) is 0 Å². The predicted octanol–water partition coefficient (Wildman–Crippen LogP) is -0.183. The van der Waals surface area contributed by atoms with Crippen molar-refractivity contribution in [2.75, 3.05) is 39.5 Å². The molecule has 2 rings (SSSR count). The summed E-state index contributed by atoms with van der Waals surface area (Å²) in [4.78, 5) is 13.2. The van der Waals surface area contributed by atoms with Crippen molar-refractivity contribution in [2.24, 2.45) is 0 Å². The fourth-order valence-corrected chi connectivity index (χ4v) is 1.74. The molecule has 2 heterocycles. The van der Waals surface area contributed by atoms with E-state index in [1.807, 2.05) is 0 Å². The fraction of sp³-hybridized carbons (Fsp3) is 0.889. The van der Waals surface area contributed by atoms with E-state index in [0.29, 0.717) is 26.4 Å². The van der Waals surface area contributed by atoms with Gasteiger partial charge in [0.25, 0.3) is 0 Å². The zero-order valence-corrected chi connectivity index (χ0v) is 8.20. The van der Waals surface area contributed by atoms with E-state index in [2.05, 4.69) is 5.32 Å². The van der Waals surface area contributed by atoms with E-state index in [-0.39, 0.29) is 12.1 Å². The Hall–Kier alpha value is -0.810. The van der Waals surface area contributed by atoms with E-state index in [0.717, 1.165) is 19.5 Å². The summed E-state index contributed by atoms with van der Waals surface area (Å²) in [5.74, 6) is 0. The van der Waals surface area contributed by atoms with Gasteiger partial charge in [0.05, 0.1) is 32.5 Å². The number of carbonyl (C=O) groups excluding carboxylic acids is 1. The Balaban J connectivity index is 1.79. The lowest BCUT2D eigenvalue weighted by Gasteiger charge is -2.32. The molecule has 1 unspecified atom stereocenters. The number of hydrogen-bond donors (Lipinski definition) is 1. The molecule has 0 bridgehead atoms. The Kier molecular flexibility index (Phi) is 3.21. The highest BCUT2D eigenvalue weighted by atomic mass is 16.6. The lowest BCUT2D eigenvalue weighted by atomic mass is 10.2. The van der Waals surface area contributed by atoms with Gasteiger partial charge in [0.15, 0.2) is 0 Å². The van der Waals surface area contributed by atoms with Crippen LogP contribution in [0, 0.1) is 0 Å². The molecule has 2 aliphatic heterocycles. The van der Waals surface area contributed by atoms with E-state index in [9.17, 15) is 4.79 Å². The highest BCUT2D eigenvalue weighted by Gasteiger charge is 2.23. The number of amides is 2. The van der Waals surface area contributed by atoms with Crippen LogP contribution in [0.25, 0.3) is 0 Å². The maximum atomic E-state index is 11.4. The highest BCUT2D eigenvalue weighted by molar-refractivity contribution is 5.74. The van der Waals surface area contributed by atoms with Crippen LogP contribution < -0.4 is 5.32 Å². The average Bonchev–Trinajstić information content (AvgIpc) is 2.23. The molecule has 0 aromatic heterocycles. The van der Waals surface area contributed by atoms with Crippen LogP contribution in [0.3, 0.4) is 0 Å². The summed E-state index contributed by atoms with van der Waals surface area (Å²) in [6.07, 6.45) is 1.06. The lowest BCUT2D eigenvalue weighted by molar-refractivity contribution is -0.0945. The van der Waals surface area contributed by atoms with Crippen LogP contribution in [0.1, 0.15) is 6.42 Å². The van der Waals surface area contributed by atoms with Crippen molar-refractivity contribution in [3.63, 3.8) is 0 Å². The number of urea groups is 1. The van der Waals surface area contributed by atoms with Crippen LogP contribution in [0.15, 0.2) is 0 Å². The molecule has 0 aromatic carbocycles. The van der Waals surface area contributed by atoms with Crippen LogP contribution in [0.4, 0.5) is 4.79 Å². The van der Waals surface area contributed by atoms with Gasteiger partial charge in [-0.05, 0) is 6.42 Å². The molecule has 2 fully saturated rings. The summed E-state index contributed by atoms with van der Waals surface area (Å²) < 4.78 is 10.8. The maximum absolute atomic E-state index is 11.4. The topological polar surface area (TPSA) is 50.8 Å². The van der Waals surface area contributed by atoms with Gasteiger partial charge in [0, 0.05) is 13.1 Å². The third-order valence-corrected chi connectivity index (χ3v) is 2.48. The van der Waals surface area contributed by atoms with Gasteiger partial charge in [-0.2, -0.15) is 0 Å². The first-order valence-electron chi connectivity index (χ1n) is 5.08. The second kappa shape index (κ2) is 4.61. The largest absolute Gasteiger partial charge is 0.376 e. The molecule has 1 N–H and O–H groups in total. The first-order valence-corrected chi connectivity index (χ1v) is 5.08. The number of rotatable bonds is 2. The standard InChI is InChI=1S/C9H16N2O3/c12-9-10-2-1-3-11(9)6-8-7-13-4-5-14-8/h8H,1-7H2,(H,10,12). The van der Waals surface area contributed by atoms with Gasteiger partial charge in [-0.3, -0.25) is 0 Å². The fourth-order valence-electron chi connectivity index (χ4n) is 1.74. The number of hydrogen-bond acceptors (Lipinski definition) is 3. The van der Waals surface area contributed by atoms with Crippen molar-refractivity contribution in [3.05, 3.63) is 0 Å². The van der Waals surface area contributed by atoms with Crippen molar-refractivity contribution < 1.29 is 14.3 Å². The van der Waals surface area contributed by atoms with Gasteiger partial charge in [-0.1, -0.05) is 0 Å². The first kappa shape index (κ1) is 9.73. The maximum Gasteiger partial charge on any atom is 0.317 e. The zero-order chi connectivity index (χ0) is 9.80. The molecule has 0 aliphatic carbocycles. The number of nitrogens with one attached hydrogen (secondary N) is 1. The number of nitrogens with zero attached hydrogens (tertiary/aromatic N) is 1. The summed E-state index contributed by atoms with van der Waals surface area (Å²) in [5, 5.41) is 2.81. The Morgan fingerprint density at radius 3 is 3.14 bits per heavy atom. The smallest absolute Gasteiger partial charge is 0.317 e. The SMILES string of the molecule is O=C1NCCCN1CC1COCCO1. The van der Waals surface area contributed by atoms with E-state index in [1.54, 1.807) is 4.90 Å². The first-order chi connectivity index (χ1) is 6.86. The Morgan fingerprint density at radius 1 is 1.50 bits per heavy atom. The van der Waals surface area contributed by atoms with Crippen LogP contribution in [0.2, 0.25) is 0 Å². The highest BCUT2D eigenvalue weighted by Crippen LogP contribution is 2.06. The average molecular weight is 200 g/mol. The van der Waals surface area contributed by atoms with Gasteiger partial charge >= 0.3 is 6.03 Å². The van der Waals surface area contributed by atoms with Crippen LogP contribution in [-0.2, 0) is 9.47 Å². The van der Waals surface area contributed by atoms with Gasteiger partial charge in [-0.15, -0.1) is 0 Å². The van der Waals surface area contributed by atoms with E-state index >= 15 is 0 Å².